The van der Waals surface area contributed by atoms with E-state index in [0.29, 0.717) is 24.3 Å². The molecule has 1 aromatic heterocycles. The molecule has 2 rings (SSSR count). The van der Waals surface area contributed by atoms with Crippen LogP contribution in [0.15, 0.2) is 42.7 Å². The van der Waals surface area contributed by atoms with Gasteiger partial charge in [-0.25, -0.2) is 4.39 Å². The van der Waals surface area contributed by atoms with Crippen molar-refractivity contribution in [2.75, 3.05) is 11.4 Å². The fraction of sp³-hybridized carbons (Fsp3) is 0.250. The van der Waals surface area contributed by atoms with Gasteiger partial charge in [0.25, 0.3) is 0 Å². The summed E-state index contributed by atoms with van der Waals surface area (Å²) in [4.78, 5) is 17.5. The van der Waals surface area contributed by atoms with Crippen molar-refractivity contribution in [1.29, 1.82) is 0 Å². The Balaban J connectivity index is 2.39. The summed E-state index contributed by atoms with van der Waals surface area (Å²) in [7, 11) is 0. The average molecular weight is 272 g/mol. The van der Waals surface area contributed by atoms with Crippen LogP contribution >= 0.6 is 0 Å². The molecule has 0 spiro atoms. The molecule has 0 fully saturated rings. The van der Waals surface area contributed by atoms with E-state index in [-0.39, 0.29) is 11.6 Å². The van der Waals surface area contributed by atoms with E-state index in [1.54, 1.807) is 24.5 Å². The Morgan fingerprint density at radius 2 is 1.95 bits per heavy atom. The third-order valence-electron chi connectivity index (χ3n) is 3.19. The van der Waals surface area contributed by atoms with E-state index in [2.05, 4.69) is 4.98 Å². The molecule has 0 aliphatic heterocycles. The Morgan fingerprint density at radius 1 is 1.25 bits per heavy atom. The highest BCUT2D eigenvalue weighted by atomic mass is 19.1. The van der Waals surface area contributed by atoms with Crippen molar-refractivity contribution in [2.24, 2.45) is 0 Å². The van der Waals surface area contributed by atoms with Gasteiger partial charge in [0, 0.05) is 31.0 Å². The number of ketones is 1. The highest BCUT2D eigenvalue weighted by molar-refractivity contribution is 5.99. The summed E-state index contributed by atoms with van der Waals surface area (Å²) in [5, 5.41) is 0. The topological polar surface area (TPSA) is 33.2 Å². The van der Waals surface area contributed by atoms with Crippen LogP contribution in [-0.2, 0) is 6.54 Å². The quantitative estimate of drug-likeness (QED) is 0.782. The minimum atomic E-state index is -0.367. The number of hydrogen-bond acceptors (Lipinski definition) is 3. The van der Waals surface area contributed by atoms with Crippen LogP contribution in [0.1, 0.15) is 29.8 Å². The first-order valence-corrected chi connectivity index (χ1v) is 6.56. The smallest absolute Gasteiger partial charge is 0.161 e. The SMILES string of the molecule is CCN(Cc1ccncc1)c1c(F)cccc1C(C)=O. The summed E-state index contributed by atoms with van der Waals surface area (Å²) in [5.74, 6) is -0.499. The lowest BCUT2D eigenvalue weighted by Gasteiger charge is -2.25. The van der Waals surface area contributed by atoms with E-state index in [4.69, 9.17) is 0 Å². The minimum Gasteiger partial charge on any atom is -0.365 e. The van der Waals surface area contributed by atoms with Crippen molar-refractivity contribution >= 4 is 11.5 Å². The number of pyridine rings is 1. The van der Waals surface area contributed by atoms with Crippen molar-refractivity contribution in [3.8, 4) is 0 Å². The van der Waals surface area contributed by atoms with Gasteiger partial charge in [0.05, 0.1) is 5.69 Å². The lowest BCUT2D eigenvalue weighted by Crippen LogP contribution is -2.25. The van der Waals surface area contributed by atoms with E-state index in [1.165, 1.54) is 13.0 Å². The minimum absolute atomic E-state index is 0.132. The molecule has 0 aliphatic carbocycles. The summed E-state index contributed by atoms with van der Waals surface area (Å²) in [6.45, 7) is 4.56. The molecule has 0 bridgehead atoms. The summed E-state index contributed by atoms with van der Waals surface area (Å²) < 4.78 is 14.1. The first-order chi connectivity index (χ1) is 9.63. The second-order valence-electron chi connectivity index (χ2n) is 4.56. The van der Waals surface area contributed by atoms with E-state index < -0.39 is 0 Å². The fourth-order valence-corrected chi connectivity index (χ4v) is 2.18. The van der Waals surface area contributed by atoms with Gasteiger partial charge in [0.2, 0.25) is 0 Å². The van der Waals surface area contributed by atoms with Crippen molar-refractivity contribution in [3.05, 3.63) is 59.7 Å². The maximum Gasteiger partial charge on any atom is 0.161 e. The van der Waals surface area contributed by atoms with Gasteiger partial charge in [-0.3, -0.25) is 9.78 Å². The van der Waals surface area contributed by atoms with Crippen LogP contribution in [0.25, 0.3) is 0 Å². The Bertz CT molecular complexity index is 599. The van der Waals surface area contributed by atoms with Crippen molar-refractivity contribution < 1.29 is 9.18 Å². The summed E-state index contributed by atoms with van der Waals surface area (Å²) in [6, 6.07) is 8.39. The van der Waals surface area contributed by atoms with Crippen LogP contribution < -0.4 is 4.90 Å². The number of Topliss-reactive ketones (excluding diaryl/α,β-unsaturated/α-hetero) is 1. The van der Waals surface area contributed by atoms with Crippen LogP contribution in [-0.4, -0.2) is 17.3 Å². The van der Waals surface area contributed by atoms with E-state index >= 15 is 0 Å². The first kappa shape index (κ1) is 14.2. The van der Waals surface area contributed by atoms with Gasteiger partial charge < -0.3 is 4.90 Å². The molecule has 104 valence electrons. The summed E-state index contributed by atoms with van der Waals surface area (Å²) >= 11 is 0. The number of aromatic nitrogens is 1. The predicted molar refractivity (Wildman–Crippen MR) is 77.4 cm³/mol. The number of anilines is 1. The van der Waals surface area contributed by atoms with Gasteiger partial charge >= 0.3 is 0 Å². The Hall–Kier alpha value is -2.23. The highest BCUT2D eigenvalue weighted by Gasteiger charge is 2.17. The molecule has 0 N–H and O–H groups in total. The van der Waals surface area contributed by atoms with Gasteiger partial charge in [-0.2, -0.15) is 0 Å². The van der Waals surface area contributed by atoms with Crippen LogP contribution in [0.3, 0.4) is 0 Å². The van der Waals surface area contributed by atoms with Gasteiger partial charge in [-0.15, -0.1) is 0 Å². The molecule has 1 heterocycles. The van der Waals surface area contributed by atoms with Crippen LogP contribution in [0, 0.1) is 5.82 Å². The molecule has 0 saturated carbocycles. The fourth-order valence-electron chi connectivity index (χ4n) is 2.18. The first-order valence-electron chi connectivity index (χ1n) is 6.56. The monoisotopic (exact) mass is 272 g/mol. The van der Waals surface area contributed by atoms with Gasteiger partial charge in [0.15, 0.2) is 5.78 Å². The molecule has 1 aromatic carbocycles. The molecule has 20 heavy (non-hydrogen) atoms. The average Bonchev–Trinajstić information content (AvgIpc) is 2.46. The number of carbonyl (C=O) groups excluding carboxylic acids is 1. The molecule has 2 aromatic rings. The van der Waals surface area contributed by atoms with E-state index in [9.17, 15) is 9.18 Å². The third kappa shape index (κ3) is 3.02. The lowest BCUT2D eigenvalue weighted by molar-refractivity contribution is 0.101. The molecule has 0 saturated heterocycles. The van der Waals surface area contributed by atoms with Gasteiger partial charge in [-0.1, -0.05) is 6.07 Å². The third-order valence-corrected chi connectivity index (χ3v) is 3.19. The lowest BCUT2D eigenvalue weighted by atomic mass is 10.1. The number of benzene rings is 1. The van der Waals surface area contributed by atoms with Crippen LogP contribution in [0.4, 0.5) is 10.1 Å². The molecule has 3 nitrogen and oxygen atoms in total. The maximum absolute atomic E-state index is 14.1. The zero-order valence-corrected chi connectivity index (χ0v) is 11.6. The summed E-state index contributed by atoms with van der Waals surface area (Å²) in [6.07, 6.45) is 3.41. The molecule has 0 atom stereocenters. The molecule has 0 amide bonds. The van der Waals surface area contributed by atoms with Crippen molar-refractivity contribution in [1.82, 2.24) is 4.98 Å². The second kappa shape index (κ2) is 6.28. The summed E-state index contributed by atoms with van der Waals surface area (Å²) in [5.41, 5.74) is 1.82. The molecule has 0 unspecified atom stereocenters. The van der Waals surface area contributed by atoms with Gasteiger partial charge in [0.1, 0.15) is 5.82 Å². The van der Waals surface area contributed by atoms with Crippen molar-refractivity contribution in [2.45, 2.75) is 20.4 Å². The molecule has 0 radical (unpaired) electrons. The van der Waals surface area contributed by atoms with Gasteiger partial charge in [-0.05, 0) is 43.7 Å². The highest BCUT2D eigenvalue weighted by Crippen LogP contribution is 2.26. The number of nitrogens with zero attached hydrogens (tertiary/aromatic N) is 2. The number of halogens is 1. The number of hydrogen-bond donors (Lipinski definition) is 0. The predicted octanol–water partition coefficient (Wildman–Crippen LogP) is 3.45. The van der Waals surface area contributed by atoms with Crippen LogP contribution in [0.5, 0.6) is 0 Å². The second-order valence-corrected chi connectivity index (χ2v) is 4.56. The van der Waals surface area contributed by atoms with Crippen LogP contribution in [0.2, 0.25) is 0 Å². The molecular formula is C16H17FN2O. The number of para-hydroxylation sites is 1. The van der Waals surface area contributed by atoms with E-state index in [1.807, 2.05) is 24.0 Å². The number of rotatable bonds is 5. The Kier molecular flexibility index (Phi) is 4.45. The van der Waals surface area contributed by atoms with Crippen molar-refractivity contribution in [3.63, 3.8) is 0 Å². The molecule has 4 heteroatoms. The Labute approximate surface area is 118 Å². The zero-order valence-electron chi connectivity index (χ0n) is 11.6. The standard InChI is InChI=1S/C16H17FN2O/c1-3-19(11-13-7-9-18-10-8-13)16-14(12(2)20)5-4-6-15(16)17/h4-10H,3,11H2,1-2H3. The normalized spacial score (nSPS) is 10.3. The molecule has 0 aliphatic rings. The zero-order chi connectivity index (χ0) is 14.5. The Morgan fingerprint density at radius 3 is 2.55 bits per heavy atom. The van der Waals surface area contributed by atoms with E-state index in [0.717, 1.165) is 5.56 Å². The maximum atomic E-state index is 14.1. The largest absolute Gasteiger partial charge is 0.365 e. The molecular weight excluding hydrogens is 255 g/mol. The number of carbonyl (C=O) groups is 1.